The average molecular weight is 367 g/mol. The average Bonchev–Trinajstić information content (AvgIpc) is 3.01. The molecule has 0 spiro atoms. The number of amides is 1. The van der Waals surface area contributed by atoms with Crippen LogP contribution in [-0.4, -0.2) is 30.4 Å². The number of nitrogens with one attached hydrogen (secondary N) is 1. The summed E-state index contributed by atoms with van der Waals surface area (Å²) in [5.74, 6) is -0.153. The molecule has 1 heterocycles. The zero-order valence-corrected chi connectivity index (χ0v) is 15.3. The molecular weight excluding hydrogens is 342 g/mol. The van der Waals surface area contributed by atoms with Crippen LogP contribution in [-0.2, 0) is 32.3 Å². The highest BCUT2D eigenvalue weighted by Gasteiger charge is 2.43. The molecule has 1 fully saturated rings. The van der Waals surface area contributed by atoms with Crippen LogP contribution in [0.5, 0.6) is 0 Å². The third-order valence-corrected chi connectivity index (χ3v) is 4.68. The van der Waals surface area contributed by atoms with Gasteiger partial charge < -0.3 is 19.6 Å². The third-order valence-electron chi connectivity index (χ3n) is 4.68. The van der Waals surface area contributed by atoms with Gasteiger partial charge in [0.05, 0.1) is 19.3 Å². The van der Waals surface area contributed by atoms with Crippen molar-refractivity contribution in [3.05, 3.63) is 71.8 Å². The van der Waals surface area contributed by atoms with E-state index in [0.717, 1.165) is 17.4 Å². The normalized spacial score (nSPS) is 21.8. The van der Waals surface area contributed by atoms with Gasteiger partial charge in [-0.15, -0.1) is 0 Å². The second-order valence-electron chi connectivity index (χ2n) is 6.69. The fourth-order valence-electron chi connectivity index (χ4n) is 3.27. The molecule has 3 rings (SSSR count). The first-order chi connectivity index (χ1) is 13.3. The van der Waals surface area contributed by atoms with Crippen molar-refractivity contribution >= 4 is 12.2 Å². The van der Waals surface area contributed by atoms with Crippen molar-refractivity contribution in [1.29, 1.82) is 0 Å². The van der Waals surface area contributed by atoms with Gasteiger partial charge in [-0.25, -0.2) is 0 Å². The molecule has 2 aromatic rings. The van der Waals surface area contributed by atoms with E-state index in [9.17, 15) is 9.59 Å². The lowest BCUT2D eigenvalue weighted by Gasteiger charge is -2.23. The number of hydrogen-bond donors (Lipinski definition) is 1. The Morgan fingerprint density at radius 2 is 1.48 bits per heavy atom. The van der Waals surface area contributed by atoms with Gasteiger partial charge in [0.25, 0.3) is 5.91 Å². The van der Waals surface area contributed by atoms with Crippen LogP contribution in [0.1, 0.15) is 30.4 Å². The molecule has 1 amide bonds. The Morgan fingerprint density at radius 3 is 2.07 bits per heavy atom. The van der Waals surface area contributed by atoms with E-state index in [1.807, 2.05) is 60.7 Å². The van der Waals surface area contributed by atoms with Crippen molar-refractivity contribution in [3.8, 4) is 0 Å². The van der Waals surface area contributed by atoms with Crippen LogP contribution in [0.15, 0.2) is 60.7 Å². The van der Waals surface area contributed by atoms with Gasteiger partial charge in [-0.3, -0.25) is 4.79 Å². The molecule has 0 aliphatic carbocycles. The first kappa shape index (κ1) is 19.3. The molecule has 142 valence electrons. The fourth-order valence-corrected chi connectivity index (χ4v) is 3.27. The van der Waals surface area contributed by atoms with E-state index in [0.29, 0.717) is 32.5 Å². The molecule has 3 atom stereocenters. The van der Waals surface area contributed by atoms with Crippen molar-refractivity contribution in [3.63, 3.8) is 0 Å². The molecule has 1 aliphatic rings. The van der Waals surface area contributed by atoms with Gasteiger partial charge in [0, 0.05) is 6.42 Å². The Balaban J connectivity index is 1.65. The third kappa shape index (κ3) is 5.49. The second kappa shape index (κ2) is 10.00. The van der Waals surface area contributed by atoms with E-state index in [-0.39, 0.29) is 18.1 Å². The van der Waals surface area contributed by atoms with Crippen LogP contribution in [0.3, 0.4) is 0 Å². The molecule has 1 N–H and O–H groups in total. The Morgan fingerprint density at radius 1 is 0.889 bits per heavy atom. The highest BCUT2D eigenvalue weighted by Crippen LogP contribution is 2.23. The highest BCUT2D eigenvalue weighted by molar-refractivity contribution is 5.84. The van der Waals surface area contributed by atoms with Gasteiger partial charge in [-0.2, -0.15) is 0 Å². The molecule has 5 nitrogen and oxygen atoms in total. The van der Waals surface area contributed by atoms with Gasteiger partial charge in [0.2, 0.25) is 0 Å². The molecule has 5 heteroatoms. The standard InChI is InChI=1S/C22H25NO4/c24-14-8-7-13-19-20(26-15-17-9-3-1-4-10-17)21(22(25)23-19)27-16-18-11-5-2-6-12-18/h1-6,9-12,14,19-21H,7-8,13,15-16H2,(H,23,25)/t19-,20-,21+/m0/s1. The molecule has 0 bridgehead atoms. The summed E-state index contributed by atoms with van der Waals surface area (Å²) < 4.78 is 12.0. The Bertz CT molecular complexity index is 720. The maximum atomic E-state index is 12.5. The summed E-state index contributed by atoms with van der Waals surface area (Å²) >= 11 is 0. The van der Waals surface area contributed by atoms with Crippen molar-refractivity contribution in [2.45, 2.75) is 50.7 Å². The first-order valence-electron chi connectivity index (χ1n) is 9.33. The predicted molar refractivity (Wildman–Crippen MR) is 102 cm³/mol. The van der Waals surface area contributed by atoms with E-state index < -0.39 is 6.10 Å². The van der Waals surface area contributed by atoms with Crippen LogP contribution < -0.4 is 5.32 Å². The van der Waals surface area contributed by atoms with Gasteiger partial charge in [0.15, 0.2) is 6.10 Å². The van der Waals surface area contributed by atoms with Gasteiger partial charge >= 0.3 is 0 Å². The molecule has 2 aromatic carbocycles. The van der Waals surface area contributed by atoms with Crippen molar-refractivity contribution in [2.75, 3.05) is 0 Å². The second-order valence-corrected chi connectivity index (χ2v) is 6.69. The Hall–Kier alpha value is -2.50. The number of rotatable bonds is 10. The lowest BCUT2D eigenvalue weighted by Crippen LogP contribution is -2.37. The number of aldehydes is 1. The lowest BCUT2D eigenvalue weighted by molar-refractivity contribution is -0.137. The number of carbonyl (C=O) groups excluding carboxylic acids is 2. The smallest absolute Gasteiger partial charge is 0.252 e. The topological polar surface area (TPSA) is 64.6 Å². The molecule has 0 unspecified atom stereocenters. The van der Waals surface area contributed by atoms with E-state index >= 15 is 0 Å². The zero-order valence-electron chi connectivity index (χ0n) is 15.3. The number of hydrogen-bond acceptors (Lipinski definition) is 4. The van der Waals surface area contributed by atoms with Crippen LogP contribution in [0, 0.1) is 0 Å². The van der Waals surface area contributed by atoms with Crippen molar-refractivity contribution in [2.24, 2.45) is 0 Å². The zero-order chi connectivity index (χ0) is 18.9. The minimum absolute atomic E-state index is 0.151. The summed E-state index contributed by atoms with van der Waals surface area (Å²) in [6.07, 6.45) is 1.75. The summed E-state index contributed by atoms with van der Waals surface area (Å²) in [7, 11) is 0. The number of unbranched alkanes of at least 4 members (excludes halogenated alkanes) is 1. The van der Waals surface area contributed by atoms with Crippen LogP contribution >= 0.6 is 0 Å². The molecule has 0 saturated carbocycles. The number of benzene rings is 2. The molecule has 1 aliphatic heterocycles. The summed E-state index contributed by atoms with van der Waals surface area (Å²) in [5, 5.41) is 2.98. The van der Waals surface area contributed by atoms with Gasteiger partial charge in [-0.05, 0) is 24.0 Å². The quantitative estimate of drug-likeness (QED) is 0.518. The van der Waals surface area contributed by atoms with Crippen molar-refractivity contribution < 1.29 is 19.1 Å². The van der Waals surface area contributed by atoms with Crippen LogP contribution in [0.25, 0.3) is 0 Å². The largest absolute Gasteiger partial charge is 0.368 e. The van der Waals surface area contributed by atoms with Crippen molar-refractivity contribution in [1.82, 2.24) is 5.32 Å². The molecular formula is C22H25NO4. The van der Waals surface area contributed by atoms with Gasteiger partial charge in [0.1, 0.15) is 12.4 Å². The van der Waals surface area contributed by atoms with E-state index in [2.05, 4.69) is 5.32 Å². The van der Waals surface area contributed by atoms with E-state index in [4.69, 9.17) is 9.47 Å². The molecule has 0 aromatic heterocycles. The first-order valence-corrected chi connectivity index (χ1v) is 9.33. The number of ether oxygens (including phenoxy) is 2. The van der Waals surface area contributed by atoms with Crippen LogP contribution in [0.2, 0.25) is 0 Å². The summed E-state index contributed by atoms with van der Waals surface area (Å²) in [4.78, 5) is 23.1. The van der Waals surface area contributed by atoms with Crippen LogP contribution in [0.4, 0.5) is 0 Å². The maximum Gasteiger partial charge on any atom is 0.252 e. The minimum Gasteiger partial charge on any atom is -0.368 e. The highest BCUT2D eigenvalue weighted by atomic mass is 16.5. The molecule has 0 radical (unpaired) electrons. The maximum absolute atomic E-state index is 12.5. The molecule has 27 heavy (non-hydrogen) atoms. The SMILES string of the molecule is O=CCCC[C@@H]1NC(=O)[C@H](OCc2ccccc2)[C@H]1OCc1ccccc1. The summed E-state index contributed by atoms with van der Waals surface area (Å²) in [5.41, 5.74) is 2.06. The summed E-state index contributed by atoms with van der Waals surface area (Å²) in [6.45, 7) is 0.765. The molecule has 1 saturated heterocycles. The summed E-state index contributed by atoms with van der Waals surface area (Å²) in [6, 6.07) is 19.5. The van der Waals surface area contributed by atoms with E-state index in [1.165, 1.54) is 0 Å². The Labute approximate surface area is 159 Å². The minimum atomic E-state index is -0.657. The van der Waals surface area contributed by atoms with E-state index in [1.54, 1.807) is 0 Å². The fraction of sp³-hybridized carbons (Fsp3) is 0.364. The predicted octanol–water partition coefficient (Wildman–Crippen LogP) is 3.02. The Kier molecular flexibility index (Phi) is 7.13. The van der Waals surface area contributed by atoms with Gasteiger partial charge in [-0.1, -0.05) is 60.7 Å². The number of carbonyl (C=O) groups is 2. The lowest BCUT2D eigenvalue weighted by atomic mass is 10.0. The monoisotopic (exact) mass is 367 g/mol.